The van der Waals surface area contributed by atoms with Gasteiger partial charge in [-0.2, -0.15) is 0 Å². The van der Waals surface area contributed by atoms with Gasteiger partial charge in [-0.15, -0.1) is 11.6 Å². The molecule has 11 nitrogen and oxygen atoms in total. The number of hydrogen-bond donors (Lipinski definition) is 3. The number of aromatic hydroxyl groups is 1. The number of carbonyl (C=O) groups excluding carboxylic acids is 3. The number of methoxy groups -OCH3 is 1. The Morgan fingerprint density at radius 1 is 1.30 bits per heavy atom. The summed E-state index contributed by atoms with van der Waals surface area (Å²) < 4.78 is 16.3. The number of benzene rings is 2. The first-order valence-corrected chi connectivity index (χ1v) is 11.8. The number of halogens is 1. The Morgan fingerprint density at radius 3 is 2.73 bits per heavy atom. The van der Waals surface area contributed by atoms with Crippen LogP contribution in [0, 0.1) is 6.92 Å². The van der Waals surface area contributed by atoms with Crippen LogP contribution in [-0.2, 0) is 4.74 Å². The SMILES string of the molecule is COC(=O)c1c(C)[nH]c2c(OC(=O)N(C)N)cc3c(c12)[C@H](CCl)CN3C(=O)c1cc2cc(O)ccc2o1. The Morgan fingerprint density at radius 2 is 2.05 bits per heavy atom. The van der Waals surface area contributed by atoms with Gasteiger partial charge in [0.2, 0.25) is 0 Å². The lowest BCUT2D eigenvalue weighted by Crippen LogP contribution is -2.35. The fourth-order valence-corrected chi connectivity index (χ4v) is 4.97. The maximum Gasteiger partial charge on any atom is 0.429 e. The van der Waals surface area contributed by atoms with E-state index in [-0.39, 0.29) is 41.2 Å². The number of furan rings is 1. The Bertz CT molecular complexity index is 1590. The normalized spacial score (nSPS) is 14.7. The number of nitrogens with two attached hydrogens (primary N) is 1. The minimum Gasteiger partial charge on any atom is -0.508 e. The minimum absolute atomic E-state index is 0.0397. The van der Waals surface area contributed by atoms with Crippen LogP contribution in [0.3, 0.4) is 0 Å². The van der Waals surface area contributed by atoms with Crippen molar-refractivity contribution >= 4 is 57.1 Å². The van der Waals surface area contributed by atoms with Crippen molar-refractivity contribution in [2.45, 2.75) is 12.8 Å². The quantitative estimate of drug-likeness (QED) is 0.119. The van der Waals surface area contributed by atoms with E-state index in [0.717, 1.165) is 5.01 Å². The number of alkyl halides is 1. The highest BCUT2D eigenvalue weighted by atomic mass is 35.5. The van der Waals surface area contributed by atoms with Crippen LogP contribution in [0.25, 0.3) is 21.9 Å². The number of hydrogen-bond acceptors (Lipinski definition) is 8. The molecule has 4 N–H and O–H groups in total. The third-order valence-corrected chi connectivity index (χ3v) is 6.74. The zero-order chi connectivity index (χ0) is 26.6. The predicted molar refractivity (Wildman–Crippen MR) is 135 cm³/mol. The smallest absolute Gasteiger partial charge is 0.429 e. The molecule has 1 aliphatic rings. The molecular formula is C25H23ClN4O7. The van der Waals surface area contributed by atoms with Crippen molar-refractivity contribution in [3.63, 3.8) is 0 Å². The third kappa shape index (κ3) is 3.92. The number of fused-ring (bicyclic) bond motifs is 4. The molecule has 4 aromatic rings. The summed E-state index contributed by atoms with van der Waals surface area (Å²) in [5.41, 5.74) is 2.58. The Hall–Kier alpha value is -4.22. The molecule has 0 radical (unpaired) electrons. The zero-order valence-corrected chi connectivity index (χ0v) is 20.9. The summed E-state index contributed by atoms with van der Waals surface area (Å²) in [4.78, 5) is 43.4. The van der Waals surface area contributed by atoms with Crippen molar-refractivity contribution in [2.24, 2.45) is 5.84 Å². The van der Waals surface area contributed by atoms with Gasteiger partial charge in [-0.1, -0.05) is 0 Å². The Kier molecular flexibility index (Phi) is 5.97. The van der Waals surface area contributed by atoms with Gasteiger partial charge in [-0.25, -0.2) is 20.4 Å². The standard InChI is InChI=1S/C25H23ClN4O7/c1-11-19(24(33)35-3)21-20-13(9-26)10-30(15(20)8-17(22(21)28-11)37-25(34)29(2)27)23(32)18-7-12-6-14(31)4-5-16(12)36-18/h4-8,13,28,31H,9-10,27H2,1-3H3/t13-/m1/s1. The van der Waals surface area contributed by atoms with Gasteiger partial charge in [-0.05, 0) is 36.8 Å². The fourth-order valence-electron chi connectivity index (χ4n) is 4.72. The maximum absolute atomic E-state index is 13.7. The van der Waals surface area contributed by atoms with Gasteiger partial charge in [0.25, 0.3) is 5.91 Å². The number of nitrogens with one attached hydrogen (secondary N) is 1. The first-order chi connectivity index (χ1) is 17.6. The van der Waals surface area contributed by atoms with Crippen LogP contribution in [0.2, 0.25) is 0 Å². The number of phenols is 1. The van der Waals surface area contributed by atoms with Crippen molar-refractivity contribution in [1.29, 1.82) is 0 Å². The number of carbonyl (C=O) groups is 3. The first-order valence-electron chi connectivity index (χ1n) is 11.2. The molecule has 2 aromatic heterocycles. The van der Waals surface area contributed by atoms with E-state index >= 15 is 0 Å². The second-order valence-electron chi connectivity index (χ2n) is 8.75. The molecule has 192 valence electrons. The monoisotopic (exact) mass is 526 g/mol. The zero-order valence-electron chi connectivity index (χ0n) is 20.1. The number of anilines is 1. The van der Waals surface area contributed by atoms with Crippen LogP contribution in [0.1, 0.15) is 38.1 Å². The van der Waals surface area contributed by atoms with Crippen LogP contribution in [0.15, 0.2) is 34.7 Å². The van der Waals surface area contributed by atoms with E-state index < -0.39 is 18.0 Å². The van der Waals surface area contributed by atoms with Crippen LogP contribution >= 0.6 is 11.6 Å². The van der Waals surface area contributed by atoms with E-state index in [4.69, 9.17) is 31.3 Å². The van der Waals surface area contributed by atoms with Gasteiger partial charge in [0, 0.05) is 47.9 Å². The second kappa shape index (κ2) is 9.02. The van der Waals surface area contributed by atoms with Gasteiger partial charge in [0.15, 0.2) is 11.5 Å². The molecule has 0 saturated heterocycles. The molecule has 3 heterocycles. The number of H-pyrrole nitrogens is 1. The molecule has 0 aliphatic carbocycles. The van der Waals surface area contributed by atoms with E-state index in [2.05, 4.69) is 4.98 Å². The minimum atomic E-state index is -0.852. The molecule has 0 spiro atoms. The Labute approximate surface area is 215 Å². The highest BCUT2D eigenvalue weighted by Gasteiger charge is 2.39. The van der Waals surface area contributed by atoms with Crippen molar-refractivity contribution in [1.82, 2.24) is 9.99 Å². The average Bonchev–Trinajstić information content (AvgIpc) is 3.55. The molecule has 2 amide bonds. The summed E-state index contributed by atoms with van der Waals surface area (Å²) in [6.07, 6.45) is -0.852. The topological polar surface area (TPSA) is 151 Å². The predicted octanol–water partition coefficient (Wildman–Crippen LogP) is 4.00. The van der Waals surface area contributed by atoms with Crippen molar-refractivity contribution in [3.05, 3.63) is 52.9 Å². The summed E-state index contributed by atoms with van der Waals surface area (Å²) in [6, 6.07) is 7.59. The lowest BCUT2D eigenvalue weighted by atomic mass is 9.95. The van der Waals surface area contributed by atoms with E-state index in [1.165, 1.54) is 43.3 Å². The van der Waals surface area contributed by atoms with E-state index in [9.17, 15) is 19.5 Å². The number of amides is 2. The van der Waals surface area contributed by atoms with Crippen molar-refractivity contribution in [2.75, 3.05) is 31.5 Å². The number of nitrogens with zero attached hydrogens (tertiary/aromatic N) is 2. The molecule has 12 heteroatoms. The molecule has 0 bridgehead atoms. The molecule has 0 fully saturated rings. The summed E-state index contributed by atoms with van der Waals surface area (Å²) in [5, 5.41) is 11.5. The number of aromatic amines is 1. The first kappa shape index (κ1) is 24.5. The molecule has 2 aromatic carbocycles. The number of hydrazine groups is 1. The molecule has 5 rings (SSSR count). The molecule has 1 atom stereocenters. The number of esters is 1. The summed E-state index contributed by atoms with van der Waals surface area (Å²) in [6.45, 7) is 1.88. The summed E-state index contributed by atoms with van der Waals surface area (Å²) >= 11 is 6.35. The molecular weight excluding hydrogens is 504 g/mol. The van der Waals surface area contributed by atoms with Crippen molar-refractivity contribution < 1.29 is 33.4 Å². The lowest BCUT2D eigenvalue weighted by molar-refractivity contribution is 0.0602. The number of rotatable bonds is 4. The fraction of sp³-hybridized carbons (Fsp3) is 0.240. The van der Waals surface area contributed by atoms with Crippen molar-refractivity contribution in [3.8, 4) is 11.5 Å². The molecule has 0 unspecified atom stereocenters. The van der Waals surface area contributed by atoms with Gasteiger partial charge in [0.05, 0.1) is 23.9 Å². The summed E-state index contributed by atoms with van der Waals surface area (Å²) in [5.74, 6) is 4.43. The van der Waals surface area contributed by atoms with Crippen LogP contribution < -0.4 is 15.5 Å². The number of phenolic OH excluding ortho intramolecular Hbond substituents is 1. The molecule has 0 saturated carbocycles. The highest BCUT2D eigenvalue weighted by molar-refractivity contribution is 6.20. The van der Waals surface area contributed by atoms with Gasteiger partial charge in [0.1, 0.15) is 11.3 Å². The highest BCUT2D eigenvalue weighted by Crippen LogP contribution is 2.48. The Balaban J connectivity index is 1.73. The van der Waals surface area contributed by atoms with Gasteiger partial charge in [-0.3, -0.25) is 4.79 Å². The van der Waals surface area contributed by atoms with Crippen LogP contribution in [0.4, 0.5) is 10.5 Å². The second-order valence-corrected chi connectivity index (χ2v) is 9.06. The van der Waals surface area contributed by atoms with Gasteiger partial charge < -0.3 is 28.9 Å². The van der Waals surface area contributed by atoms with E-state index in [0.29, 0.717) is 38.8 Å². The number of aromatic nitrogens is 1. The van der Waals surface area contributed by atoms with Gasteiger partial charge >= 0.3 is 12.1 Å². The largest absolute Gasteiger partial charge is 0.508 e. The number of ether oxygens (including phenoxy) is 2. The third-order valence-electron chi connectivity index (χ3n) is 6.37. The van der Waals surface area contributed by atoms with E-state index in [1.807, 2.05) is 0 Å². The van der Waals surface area contributed by atoms with E-state index in [1.54, 1.807) is 13.0 Å². The average molecular weight is 527 g/mol. The molecule has 37 heavy (non-hydrogen) atoms. The maximum atomic E-state index is 13.7. The van der Waals surface area contributed by atoms with Crippen LogP contribution in [0.5, 0.6) is 11.5 Å². The summed E-state index contributed by atoms with van der Waals surface area (Å²) in [7, 11) is 2.59. The lowest BCUT2D eigenvalue weighted by Gasteiger charge is -2.18. The van der Waals surface area contributed by atoms with Crippen LogP contribution in [-0.4, -0.2) is 59.7 Å². The molecule has 1 aliphatic heterocycles. The number of aryl methyl sites for hydroxylation is 1.